The van der Waals surface area contributed by atoms with Gasteiger partial charge < -0.3 is 24.4 Å². The van der Waals surface area contributed by atoms with Crippen molar-refractivity contribution in [1.82, 2.24) is 9.80 Å². The van der Waals surface area contributed by atoms with Gasteiger partial charge in [-0.2, -0.15) is 0 Å². The lowest BCUT2D eigenvalue weighted by Gasteiger charge is -2.27. The van der Waals surface area contributed by atoms with Crippen LogP contribution < -0.4 is 9.47 Å². The number of hydrogen-bond donors (Lipinski definition) is 1. The molecule has 0 unspecified atom stereocenters. The number of methoxy groups -OCH3 is 1. The molecular weight excluding hydrogens is 444 g/mol. The van der Waals surface area contributed by atoms with Crippen LogP contribution in [0.1, 0.15) is 37.4 Å². The molecular formula is C28H34N2O5. The summed E-state index contributed by atoms with van der Waals surface area (Å²) in [4.78, 5) is 30.2. The third-order valence-electron chi connectivity index (χ3n) is 6.21. The Morgan fingerprint density at radius 1 is 1.11 bits per heavy atom. The van der Waals surface area contributed by atoms with Gasteiger partial charge >= 0.3 is 0 Å². The molecule has 1 aliphatic heterocycles. The van der Waals surface area contributed by atoms with E-state index >= 15 is 0 Å². The number of likely N-dealkylation sites (tertiary alicyclic amines) is 1. The molecule has 0 aliphatic carbocycles. The van der Waals surface area contributed by atoms with Gasteiger partial charge in [0.25, 0.3) is 11.7 Å². The number of aliphatic hydroxyl groups excluding tert-OH is 1. The molecule has 7 nitrogen and oxygen atoms in total. The van der Waals surface area contributed by atoms with Crippen molar-refractivity contribution >= 4 is 17.4 Å². The number of ketones is 1. The molecule has 1 amide bonds. The van der Waals surface area contributed by atoms with Gasteiger partial charge in [0.05, 0.1) is 18.7 Å². The first-order valence-corrected chi connectivity index (χ1v) is 11.9. The summed E-state index contributed by atoms with van der Waals surface area (Å²) in [6, 6.07) is 13.3. The number of carbonyl (C=O) groups is 2. The van der Waals surface area contributed by atoms with E-state index in [4.69, 9.17) is 9.47 Å². The summed E-state index contributed by atoms with van der Waals surface area (Å²) in [5.41, 5.74) is 1.21. The van der Waals surface area contributed by atoms with Crippen molar-refractivity contribution in [1.29, 1.82) is 0 Å². The van der Waals surface area contributed by atoms with Crippen LogP contribution in [0.25, 0.3) is 5.76 Å². The molecule has 3 rings (SSSR count). The monoisotopic (exact) mass is 478 g/mol. The van der Waals surface area contributed by atoms with Crippen LogP contribution in [0.5, 0.6) is 11.5 Å². The zero-order valence-corrected chi connectivity index (χ0v) is 20.7. The molecule has 7 heteroatoms. The van der Waals surface area contributed by atoms with E-state index < -0.39 is 17.7 Å². The Morgan fingerprint density at radius 3 is 2.46 bits per heavy atom. The highest BCUT2D eigenvalue weighted by atomic mass is 16.5. The smallest absolute Gasteiger partial charge is 0.295 e. The highest BCUT2D eigenvalue weighted by Crippen LogP contribution is 2.40. The minimum atomic E-state index is -0.721. The topological polar surface area (TPSA) is 79.3 Å². The van der Waals surface area contributed by atoms with Crippen molar-refractivity contribution in [3.05, 3.63) is 77.9 Å². The van der Waals surface area contributed by atoms with Crippen LogP contribution in [0.15, 0.2) is 66.8 Å². The standard InChI is InChI=1S/C28H34N2O5/c1-5-18-35-23-11-8-10-21(19-23)25-24(26(31)20-12-14-22(34-4)15-13-20)27(32)28(33)30(25)17-9-16-29(6-2)7-3/h5,8,10-15,19,25,31H,1,6-7,9,16-18H2,2-4H3/t25-/m1/s1. The fourth-order valence-corrected chi connectivity index (χ4v) is 4.30. The first-order valence-electron chi connectivity index (χ1n) is 11.9. The average Bonchev–Trinajstić information content (AvgIpc) is 3.14. The number of amides is 1. The molecule has 35 heavy (non-hydrogen) atoms. The normalized spacial score (nSPS) is 17.1. The largest absolute Gasteiger partial charge is 0.507 e. The van der Waals surface area contributed by atoms with Crippen LogP contribution in [0.2, 0.25) is 0 Å². The number of Topliss-reactive ketones (excluding diaryl/α,β-unsaturated/α-hetero) is 1. The summed E-state index contributed by atoms with van der Waals surface area (Å²) in [6.45, 7) is 11.2. The van der Waals surface area contributed by atoms with Crippen LogP contribution in [-0.4, -0.2) is 66.5 Å². The number of hydrogen-bond acceptors (Lipinski definition) is 6. The third kappa shape index (κ3) is 5.92. The summed E-state index contributed by atoms with van der Waals surface area (Å²) < 4.78 is 10.9. The van der Waals surface area contributed by atoms with E-state index in [0.29, 0.717) is 42.2 Å². The van der Waals surface area contributed by atoms with Gasteiger partial charge in [0, 0.05) is 12.1 Å². The third-order valence-corrected chi connectivity index (χ3v) is 6.21. The quantitative estimate of drug-likeness (QED) is 0.211. The molecule has 1 heterocycles. The Kier molecular flexibility index (Phi) is 9.09. The minimum absolute atomic E-state index is 0.0730. The van der Waals surface area contributed by atoms with Crippen molar-refractivity contribution < 1.29 is 24.2 Å². The first-order chi connectivity index (χ1) is 16.9. The lowest BCUT2D eigenvalue weighted by atomic mass is 9.95. The maximum atomic E-state index is 13.2. The number of nitrogens with zero attached hydrogens (tertiary/aromatic N) is 2. The van der Waals surface area contributed by atoms with Crippen molar-refractivity contribution in [2.45, 2.75) is 26.3 Å². The van der Waals surface area contributed by atoms with Crippen LogP contribution in [-0.2, 0) is 9.59 Å². The fraction of sp³-hybridized carbons (Fsp3) is 0.357. The second kappa shape index (κ2) is 12.2. The van der Waals surface area contributed by atoms with E-state index in [1.165, 1.54) is 0 Å². The van der Waals surface area contributed by atoms with Gasteiger partial charge in [-0.1, -0.05) is 38.6 Å². The Hall–Kier alpha value is -3.58. The van der Waals surface area contributed by atoms with Gasteiger partial charge in [-0.05, 0) is 68.0 Å². The van der Waals surface area contributed by atoms with E-state index in [-0.39, 0.29) is 11.3 Å². The van der Waals surface area contributed by atoms with Crippen LogP contribution in [0, 0.1) is 0 Å². The lowest BCUT2D eigenvalue weighted by Crippen LogP contribution is -2.33. The van der Waals surface area contributed by atoms with Gasteiger partial charge in [0.1, 0.15) is 23.9 Å². The Labute approximate surface area is 207 Å². The summed E-state index contributed by atoms with van der Waals surface area (Å²) in [5, 5.41) is 11.2. The van der Waals surface area contributed by atoms with Crippen molar-refractivity contribution in [2.75, 3.05) is 39.9 Å². The molecule has 0 bridgehead atoms. The fourth-order valence-electron chi connectivity index (χ4n) is 4.30. The second-order valence-electron chi connectivity index (χ2n) is 8.27. The molecule has 0 saturated carbocycles. The molecule has 1 N–H and O–H groups in total. The van der Waals surface area contributed by atoms with Crippen molar-refractivity contribution in [3.8, 4) is 11.5 Å². The Bertz CT molecular complexity index is 1070. The molecule has 1 fully saturated rings. The van der Waals surface area contributed by atoms with E-state index in [1.807, 2.05) is 18.2 Å². The zero-order chi connectivity index (χ0) is 25.4. The maximum Gasteiger partial charge on any atom is 0.295 e. The van der Waals surface area contributed by atoms with Crippen molar-refractivity contribution in [2.24, 2.45) is 0 Å². The molecule has 1 atom stereocenters. The number of aliphatic hydroxyl groups is 1. The van der Waals surface area contributed by atoms with E-state index in [0.717, 1.165) is 19.6 Å². The number of benzene rings is 2. The Balaban J connectivity index is 2.04. The van der Waals surface area contributed by atoms with Gasteiger partial charge in [0.2, 0.25) is 0 Å². The lowest BCUT2D eigenvalue weighted by molar-refractivity contribution is -0.140. The molecule has 0 spiro atoms. The van der Waals surface area contributed by atoms with Crippen LogP contribution in [0.4, 0.5) is 0 Å². The highest BCUT2D eigenvalue weighted by molar-refractivity contribution is 6.46. The second-order valence-corrected chi connectivity index (χ2v) is 8.27. The number of ether oxygens (including phenoxy) is 2. The molecule has 186 valence electrons. The van der Waals surface area contributed by atoms with Crippen LogP contribution >= 0.6 is 0 Å². The minimum Gasteiger partial charge on any atom is -0.507 e. The molecule has 0 radical (unpaired) electrons. The summed E-state index contributed by atoms with van der Waals surface area (Å²) in [6.07, 6.45) is 2.36. The molecule has 2 aromatic carbocycles. The highest BCUT2D eigenvalue weighted by Gasteiger charge is 2.45. The van der Waals surface area contributed by atoms with Gasteiger partial charge in [-0.15, -0.1) is 0 Å². The van der Waals surface area contributed by atoms with E-state index in [2.05, 4.69) is 25.3 Å². The first kappa shape index (κ1) is 26.0. The predicted molar refractivity (Wildman–Crippen MR) is 137 cm³/mol. The van der Waals surface area contributed by atoms with E-state index in [9.17, 15) is 14.7 Å². The predicted octanol–water partition coefficient (Wildman–Crippen LogP) is 4.41. The molecule has 1 saturated heterocycles. The Morgan fingerprint density at radius 2 is 1.83 bits per heavy atom. The SMILES string of the molecule is C=CCOc1cccc([C@@H]2C(=C(O)c3ccc(OC)cc3)C(=O)C(=O)N2CCCN(CC)CC)c1. The van der Waals surface area contributed by atoms with E-state index in [1.54, 1.807) is 48.4 Å². The number of rotatable bonds is 12. The zero-order valence-electron chi connectivity index (χ0n) is 20.7. The van der Waals surface area contributed by atoms with Crippen molar-refractivity contribution in [3.63, 3.8) is 0 Å². The summed E-state index contributed by atoms with van der Waals surface area (Å²) >= 11 is 0. The molecule has 1 aliphatic rings. The molecule has 0 aromatic heterocycles. The maximum absolute atomic E-state index is 13.2. The van der Waals surface area contributed by atoms with Gasteiger partial charge in [-0.3, -0.25) is 9.59 Å². The summed E-state index contributed by atoms with van der Waals surface area (Å²) in [7, 11) is 1.56. The average molecular weight is 479 g/mol. The number of carbonyl (C=O) groups excluding carboxylic acids is 2. The van der Waals surface area contributed by atoms with Crippen LogP contribution in [0.3, 0.4) is 0 Å². The molecule has 2 aromatic rings. The van der Waals surface area contributed by atoms with Gasteiger partial charge in [-0.25, -0.2) is 0 Å². The summed E-state index contributed by atoms with van der Waals surface area (Å²) in [5.74, 6) is -0.284. The van der Waals surface area contributed by atoms with Gasteiger partial charge in [0.15, 0.2) is 0 Å².